The lowest BCUT2D eigenvalue weighted by Gasteiger charge is -2.16. The number of ether oxygens (including phenoxy) is 1. The Kier molecular flexibility index (Phi) is 3.92. The molecule has 2 atom stereocenters. The van der Waals surface area contributed by atoms with E-state index >= 15 is 0 Å². The fraction of sp³-hybridized carbons (Fsp3) is 0.625. The second-order valence-electron chi connectivity index (χ2n) is 5.95. The molecule has 104 valence electrons. The van der Waals surface area contributed by atoms with Crippen molar-refractivity contribution in [3.05, 3.63) is 24.3 Å². The first kappa shape index (κ1) is 12.8. The summed E-state index contributed by atoms with van der Waals surface area (Å²) in [6, 6.07) is 7.73. The fourth-order valence-corrected chi connectivity index (χ4v) is 3.60. The number of para-hydroxylation sites is 2. The van der Waals surface area contributed by atoms with Gasteiger partial charge in [-0.3, -0.25) is 0 Å². The molecule has 1 aliphatic carbocycles. The quantitative estimate of drug-likeness (QED) is 0.653. The molecule has 19 heavy (non-hydrogen) atoms. The molecule has 1 aliphatic heterocycles. The van der Waals surface area contributed by atoms with Crippen LogP contribution in [0, 0.1) is 11.8 Å². The molecule has 2 fully saturated rings. The van der Waals surface area contributed by atoms with Crippen molar-refractivity contribution in [1.29, 1.82) is 0 Å². The summed E-state index contributed by atoms with van der Waals surface area (Å²) in [5, 5.41) is 0. The van der Waals surface area contributed by atoms with Gasteiger partial charge in [0.2, 0.25) is 0 Å². The van der Waals surface area contributed by atoms with E-state index in [0.717, 1.165) is 36.3 Å². The smallest absolute Gasteiger partial charge is 0.142 e. The van der Waals surface area contributed by atoms with E-state index in [-0.39, 0.29) is 0 Å². The molecule has 0 amide bonds. The van der Waals surface area contributed by atoms with Crippen LogP contribution < -0.4 is 10.5 Å². The van der Waals surface area contributed by atoms with Crippen LogP contribution in [0.1, 0.15) is 25.7 Å². The van der Waals surface area contributed by atoms with Crippen molar-refractivity contribution in [2.45, 2.75) is 25.7 Å². The predicted molar refractivity (Wildman–Crippen MR) is 78.2 cm³/mol. The molecular formula is C16H24N2O. The number of benzene rings is 1. The number of likely N-dealkylation sites (tertiary alicyclic amines) is 1. The van der Waals surface area contributed by atoms with E-state index in [2.05, 4.69) is 4.90 Å². The van der Waals surface area contributed by atoms with Crippen molar-refractivity contribution in [2.24, 2.45) is 11.8 Å². The molecule has 0 bridgehead atoms. The van der Waals surface area contributed by atoms with E-state index < -0.39 is 0 Å². The molecule has 1 saturated carbocycles. The summed E-state index contributed by atoms with van der Waals surface area (Å²) in [4.78, 5) is 2.62. The highest BCUT2D eigenvalue weighted by Crippen LogP contribution is 2.37. The lowest BCUT2D eigenvalue weighted by Crippen LogP contribution is -2.24. The lowest BCUT2D eigenvalue weighted by atomic mass is 10.0. The maximum atomic E-state index is 5.85. The number of nitrogens with two attached hydrogens (primary N) is 1. The van der Waals surface area contributed by atoms with Gasteiger partial charge in [0.1, 0.15) is 5.75 Å². The highest BCUT2D eigenvalue weighted by molar-refractivity contribution is 5.51. The van der Waals surface area contributed by atoms with Crippen LogP contribution in [0.15, 0.2) is 24.3 Å². The number of fused-ring (bicyclic) bond motifs is 1. The molecule has 0 spiro atoms. The largest absolute Gasteiger partial charge is 0.491 e. The summed E-state index contributed by atoms with van der Waals surface area (Å²) in [5.41, 5.74) is 6.59. The zero-order chi connectivity index (χ0) is 13.1. The van der Waals surface area contributed by atoms with Crippen LogP contribution in [0.5, 0.6) is 5.75 Å². The monoisotopic (exact) mass is 260 g/mol. The standard InChI is InChI=1S/C16H24N2O/c17-15-7-1-2-8-16(15)19-10-4-9-18-11-13-5-3-6-14(13)12-18/h1-2,7-8,13-14H,3-6,9-12,17H2. The van der Waals surface area contributed by atoms with E-state index in [4.69, 9.17) is 10.5 Å². The normalized spacial score (nSPS) is 26.5. The Labute approximate surface area is 115 Å². The Balaban J connectivity index is 1.37. The molecule has 3 nitrogen and oxygen atoms in total. The minimum absolute atomic E-state index is 0.734. The number of rotatable bonds is 5. The molecule has 3 heteroatoms. The van der Waals surface area contributed by atoms with Gasteiger partial charge in [0.05, 0.1) is 12.3 Å². The van der Waals surface area contributed by atoms with Crippen LogP contribution in [-0.4, -0.2) is 31.1 Å². The molecule has 2 N–H and O–H groups in total. The average Bonchev–Trinajstić information content (AvgIpc) is 2.97. The van der Waals surface area contributed by atoms with Crippen LogP contribution >= 0.6 is 0 Å². The lowest BCUT2D eigenvalue weighted by molar-refractivity contribution is 0.254. The summed E-state index contributed by atoms with van der Waals surface area (Å²) in [5.74, 6) is 2.80. The van der Waals surface area contributed by atoms with Gasteiger partial charge in [-0.2, -0.15) is 0 Å². The second-order valence-corrected chi connectivity index (χ2v) is 5.95. The molecule has 2 unspecified atom stereocenters. The zero-order valence-corrected chi connectivity index (χ0v) is 11.6. The molecule has 1 aromatic rings. The third kappa shape index (κ3) is 3.03. The number of nitrogen functional groups attached to an aromatic ring is 1. The average molecular weight is 260 g/mol. The molecule has 1 aromatic carbocycles. The SMILES string of the molecule is Nc1ccccc1OCCCN1CC2CCCC2C1. The first-order chi connectivity index (χ1) is 9.33. The second kappa shape index (κ2) is 5.83. The van der Waals surface area contributed by atoms with Crippen LogP contribution in [0.3, 0.4) is 0 Å². The topological polar surface area (TPSA) is 38.5 Å². The molecule has 2 aliphatic rings. The Bertz CT molecular complexity index is 409. The maximum Gasteiger partial charge on any atom is 0.142 e. The Morgan fingerprint density at radius 2 is 1.89 bits per heavy atom. The highest BCUT2D eigenvalue weighted by Gasteiger charge is 2.35. The Morgan fingerprint density at radius 3 is 2.63 bits per heavy atom. The molecule has 0 radical (unpaired) electrons. The number of hydrogen-bond acceptors (Lipinski definition) is 3. The molecular weight excluding hydrogens is 236 g/mol. The van der Waals surface area contributed by atoms with E-state index in [0.29, 0.717) is 0 Å². The van der Waals surface area contributed by atoms with Crippen molar-refractivity contribution in [3.8, 4) is 5.75 Å². The summed E-state index contributed by atoms with van der Waals surface area (Å²) in [7, 11) is 0. The predicted octanol–water partition coefficient (Wildman–Crippen LogP) is 2.77. The van der Waals surface area contributed by atoms with E-state index in [1.807, 2.05) is 24.3 Å². The van der Waals surface area contributed by atoms with Gasteiger partial charge in [-0.1, -0.05) is 18.6 Å². The first-order valence-corrected chi connectivity index (χ1v) is 7.52. The summed E-state index contributed by atoms with van der Waals surface area (Å²) < 4.78 is 5.74. The van der Waals surface area contributed by atoms with E-state index in [1.54, 1.807) is 0 Å². The molecule has 1 heterocycles. The van der Waals surface area contributed by atoms with Gasteiger partial charge in [-0.15, -0.1) is 0 Å². The molecule has 3 rings (SSSR count). The Hall–Kier alpha value is -1.22. The number of anilines is 1. The number of hydrogen-bond donors (Lipinski definition) is 1. The van der Waals surface area contributed by atoms with Gasteiger partial charge in [0, 0.05) is 19.6 Å². The van der Waals surface area contributed by atoms with Gasteiger partial charge in [0.15, 0.2) is 0 Å². The maximum absolute atomic E-state index is 5.85. The highest BCUT2D eigenvalue weighted by atomic mass is 16.5. The van der Waals surface area contributed by atoms with Crippen molar-refractivity contribution in [3.63, 3.8) is 0 Å². The minimum Gasteiger partial charge on any atom is -0.491 e. The van der Waals surface area contributed by atoms with Gasteiger partial charge in [0.25, 0.3) is 0 Å². The van der Waals surface area contributed by atoms with E-state index in [1.165, 1.54) is 38.9 Å². The molecule has 0 aromatic heterocycles. The molecule has 1 saturated heterocycles. The first-order valence-electron chi connectivity index (χ1n) is 7.52. The zero-order valence-electron chi connectivity index (χ0n) is 11.6. The van der Waals surface area contributed by atoms with Crippen molar-refractivity contribution in [2.75, 3.05) is 32.0 Å². The summed E-state index contributed by atoms with van der Waals surface area (Å²) in [6.45, 7) is 4.57. The third-order valence-electron chi connectivity index (χ3n) is 4.60. The number of nitrogens with zero attached hydrogens (tertiary/aromatic N) is 1. The minimum atomic E-state index is 0.734. The van der Waals surface area contributed by atoms with E-state index in [9.17, 15) is 0 Å². The van der Waals surface area contributed by atoms with Gasteiger partial charge in [-0.25, -0.2) is 0 Å². The third-order valence-corrected chi connectivity index (χ3v) is 4.60. The van der Waals surface area contributed by atoms with Crippen molar-refractivity contribution >= 4 is 5.69 Å². The Morgan fingerprint density at radius 1 is 1.16 bits per heavy atom. The summed E-state index contributed by atoms with van der Waals surface area (Å²) in [6.07, 6.45) is 5.46. The van der Waals surface area contributed by atoms with Crippen LogP contribution in [0.25, 0.3) is 0 Å². The van der Waals surface area contributed by atoms with Gasteiger partial charge in [-0.05, 0) is 43.2 Å². The van der Waals surface area contributed by atoms with Crippen LogP contribution in [0.4, 0.5) is 5.69 Å². The fourth-order valence-electron chi connectivity index (χ4n) is 3.60. The van der Waals surface area contributed by atoms with Crippen molar-refractivity contribution < 1.29 is 4.74 Å². The van der Waals surface area contributed by atoms with Crippen molar-refractivity contribution in [1.82, 2.24) is 4.90 Å². The summed E-state index contributed by atoms with van der Waals surface area (Å²) >= 11 is 0. The van der Waals surface area contributed by atoms with Crippen LogP contribution in [-0.2, 0) is 0 Å². The van der Waals surface area contributed by atoms with Crippen LogP contribution in [0.2, 0.25) is 0 Å². The van der Waals surface area contributed by atoms with Gasteiger partial charge >= 0.3 is 0 Å². The van der Waals surface area contributed by atoms with Gasteiger partial charge < -0.3 is 15.4 Å².